The van der Waals surface area contributed by atoms with Crippen LogP contribution in [0.2, 0.25) is 0 Å². The van der Waals surface area contributed by atoms with Crippen molar-refractivity contribution in [3.63, 3.8) is 0 Å². The van der Waals surface area contributed by atoms with E-state index in [9.17, 15) is 18.3 Å². The van der Waals surface area contributed by atoms with Crippen molar-refractivity contribution in [3.05, 3.63) is 18.2 Å². The van der Waals surface area contributed by atoms with Gasteiger partial charge in [-0.1, -0.05) is 0 Å². The number of imidazole rings is 1. The Balaban J connectivity index is 2.10. The van der Waals surface area contributed by atoms with E-state index in [0.717, 1.165) is 0 Å². The van der Waals surface area contributed by atoms with Gasteiger partial charge < -0.3 is 9.67 Å². The van der Waals surface area contributed by atoms with E-state index in [-0.39, 0.29) is 19.3 Å². The molecule has 2 rings (SSSR count). The van der Waals surface area contributed by atoms with Gasteiger partial charge >= 0.3 is 6.18 Å². The molecule has 0 aromatic carbocycles. The third-order valence-corrected chi connectivity index (χ3v) is 3.91. The monoisotopic (exact) mass is 276 g/mol. The highest BCUT2D eigenvalue weighted by Gasteiger charge is 2.47. The Bertz CT molecular complexity index is 430. The fourth-order valence-electron chi connectivity index (χ4n) is 2.87. The Morgan fingerprint density at radius 2 is 2.26 bits per heavy atom. The number of hydrogen-bond acceptors (Lipinski definition) is 2. The van der Waals surface area contributed by atoms with E-state index in [1.165, 1.54) is 0 Å². The van der Waals surface area contributed by atoms with Crippen LogP contribution in [0.3, 0.4) is 0 Å². The lowest BCUT2D eigenvalue weighted by molar-refractivity contribution is -0.200. The summed E-state index contributed by atoms with van der Waals surface area (Å²) in [5.74, 6) is -0.732. The van der Waals surface area contributed by atoms with Crippen LogP contribution in [0, 0.1) is 5.92 Å². The number of hydrogen-bond donors (Lipinski definition) is 1. The standard InChI is InChI=1S/C13H19F3N2O/c1-2-18-7-6-17-11(18)9-12(19)5-3-4-10(8-12)13(14,15)16/h6-7,10,19H,2-5,8-9H2,1H3. The largest absolute Gasteiger partial charge is 0.391 e. The van der Waals surface area contributed by atoms with E-state index in [1.54, 1.807) is 12.4 Å². The quantitative estimate of drug-likeness (QED) is 0.921. The Morgan fingerprint density at radius 1 is 1.53 bits per heavy atom. The molecule has 1 heterocycles. The maximum absolute atomic E-state index is 12.8. The molecule has 1 N–H and O–H groups in total. The predicted molar refractivity (Wildman–Crippen MR) is 64.6 cm³/mol. The van der Waals surface area contributed by atoms with E-state index >= 15 is 0 Å². The van der Waals surface area contributed by atoms with Gasteiger partial charge in [-0.2, -0.15) is 13.2 Å². The number of alkyl halides is 3. The number of halogens is 3. The van der Waals surface area contributed by atoms with Gasteiger partial charge in [0.05, 0.1) is 11.5 Å². The second kappa shape index (κ2) is 5.15. The molecular formula is C13H19F3N2O. The maximum atomic E-state index is 12.8. The molecule has 1 saturated carbocycles. The molecular weight excluding hydrogens is 257 g/mol. The number of aliphatic hydroxyl groups is 1. The lowest BCUT2D eigenvalue weighted by Crippen LogP contribution is -2.42. The van der Waals surface area contributed by atoms with Crippen molar-refractivity contribution < 1.29 is 18.3 Å². The summed E-state index contributed by atoms with van der Waals surface area (Å²) in [5.41, 5.74) is -1.28. The molecule has 1 fully saturated rings. The second-order valence-corrected chi connectivity index (χ2v) is 5.37. The summed E-state index contributed by atoms with van der Waals surface area (Å²) in [5, 5.41) is 10.4. The van der Waals surface area contributed by atoms with Crippen LogP contribution in [-0.2, 0) is 13.0 Å². The zero-order valence-electron chi connectivity index (χ0n) is 11.0. The second-order valence-electron chi connectivity index (χ2n) is 5.37. The SMILES string of the molecule is CCn1ccnc1CC1(O)CCCC(C(F)(F)F)C1. The zero-order chi connectivity index (χ0) is 14.1. The van der Waals surface area contributed by atoms with Crippen LogP contribution in [0.25, 0.3) is 0 Å². The normalized spacial score (nSPS) is 28.6. The van der Waals surface area contributed by atoms with Crippen LogP contribution in [0.4, 0.5) is 13.2 Å². The van der Waals surface area contributed by atoms with Crippen molar-refractivity contribution >= 4 is 0 Å². The molecule has 0 spiro atoms. The molecule has 0 bridgehead atoms. The Labute approximate surface area is 110 Å². The van der Waals surface area contributed by atoms with Crippen LogP contribution in [0.1, 0.15) is 38.4 Å². The fourth-order valence-corrected chi connectivity index (χ4v) is 2.87. The molecule has 19 heavy (non-hydrogen) atoms. The number of nitrogens with zero attached hydrogens (tertiary/aromatic N) is 2. The van der Waals surface area contributed by atoms with Crippen molar-refractivity contribution in [2.75, 3.05) is 0 Å². The highest BCUT2D eigenvalue weighted by molar-refractivity contribution is 5.01. The lowest BCUT2D eigenvalue weighted by Gasteiger charge is -2.37. The van der Waals surface area contributed by atoms with Gasteiger partial charge in [0.15, 0.2) is 0 Å². The topological polar surface area (TPSA) is 38.0 Å². The van der Waals surface area contributed by atoms with Crippen molar-refractivity contribution in [2.45, 2.75) is 57.3 Å². The van der Waals surface area contributed by atoms with Gasteiger partial charge in [0.1, 0.15) is 5.82 Å². The summed E-state index contributed by atoms with van der Waals surface area (Å²) >= 11 is 0. The average molecular weight is 276 g/mol. The highest BCUT2D eigenvalue weighted by Crippen LogP contribution is 2.42. The van der Waals surface area contributed by atoms with E-state index in [2.05, 4.69) is 4.98 Å². The minimum Gasteiger partial charge on any atom is -0.389 e. The minimum atomic E-state index is -4.21. The molecule has 1 aromatic rings. The minimum absolute atomic E-state index is 0.119. The van der Waals surface area contributed by atoms with E-state index in [0.29, 0.717) is 25.2 Å². The van der Waals surface area contributed by atoms with Crippen LogP contribution in [0.15, 0.2) is 12.4 Å². The van der Waals surface area contributed by atoms with Gasteiger partial charge in [-0.15, -0.1) is 0 Å². The molecule has 1 aromatic heterocycles. The van der Waals surface area contributed by atoms with E-state index in [4.69, 9.17) is 0 Å². The molecule has 0 aliphatic heterocycles. The highest BCUT2D eigenvalue weighted by atomic mass is 19.4. The van der Waals surface area contributed by atoms with Gasteiger partial charge in [-0.05, 0) is 32.6 Å². The van der Waals surface area contributed by atoms with Crippen LogP contribution in [0.5, 0.6) is 0 Å². The molecule has 6 heteroatoms. The van der Waals surface area contributed by atoms with E-state index in [1.807, 2.05) is 11.5 Å². The third-order valence-electron chi connectivity index (χ3n) is 3.91. The van der Waals surface area contributed by atoms with Gasteiger partial charge in [-0.25, -0.2) is 4.98 Å². The molecule has 0 saturated heterocycles. The Kier molecular flexibility index (Phi) is 3.90. The summed E-state index contributed by atoms with van der Waals surface area (Å²) < 4.78 is 40.2. The first-order chi connectivity index (χ1) is 8.84. The molecule has 0 radical (unpaired) electrons. The van der Waals surface area contributed by atoms with Gasteiger partial charge in [0.25, 0.3) is 0 Å². The molecule has 3 nitrogen and oxygen atoms in total. The van der Waals surface area contributed by atoms with Crippen LogP contribution >= 0.6 is 0 Å². The maximum Gasteiger partial charge on any atom is 0.391 e. The molecule has 2 unspecified atom stereocenters. The van der Waals surface area contributed by atoms with Crippen molar-refractivity contribution in [2.24, 2.45) is 5.92 Å². The summed E-state index contributed by atoms with van der Waals surface area (Å²) in [6.45, 7) is 2.64. The average Bonchev–Trinajstić information content (AvgIpc) is 2.74. The summed E-state index contributed by atoms with van der Waals surface area (Å²) in [4.78, 5) is 4.14. The first-order valence-corrected chi connectivity index (χ1v) is 6.63. The first-order valence-electron chi connectivity index (χ1n) is 6.63. The molecule has 108 valence electrons. The van der Waals surface area contributed by atoms with Gasteiger partial charge in [0.2, 0.25) is 0 Å². The van der Waals surface area contributed by atoms with Gasteiger partial charge in [0, 0.05) is 25.4 Å². The zero-order valence-corrected chi connectivity index (χ0v) is 11.0. The van der Waals surface area contributed by atoms with E-state index < -0.39 is 17.7 Å². The van der Waals surface area contributed by atoms with Crippen molar-refractivity contribution in [1.82, 2.24) is 9.55 Å². The first kappa shape index (κ1) is 14.4. The predicted octanol–water partition coefficient (Wildman–Crippen LogP) is 2.93. The van der Waals surface area contributed by atoms with Crippen LogP contribution in [-0.4, -0.2) is 26.4 Å². The summed E-state index contributed by atoms with van der Waals surface area (Å²) in [6.07, 6.45) is 0.106. The Morgan fingerprint density at radius 3 is 2.89 bits per heavy atom. The number of rotatable bonds is 3. The molecule has 0 amide bonds. The van der Waals surface area contributed by atoms with Crippen molar-refractivity contribution in [1.29, 1.82) is 0 Å². The van der Waals surface area contributed by atoms with Gasteiger partial charge in [-0.3, -0.25) is 0 Å². The lowest BCUT2D eigenvalue weighted by atomic mass is 9.76. The number of aromatic nitrogens is 2. The smallest absolute Gasteiger partial charge is 0.389 e. The van der Waals surface area contributed by atoms with Crippen molar-refractivity contribution in [3.8, 4) is 0 Å². The third kappa shape index (κ3) is 3.29. The van der Waals surface area contributed by atoms with Crippen LogP contribution < -0.4 is 0 Å². The number of aryl methyl sites for hydroxylation is 1. The molecule has 2 atom stereocenters. The molecule has 1 aliphatic carbocycles. The molecule has 1 aliphatic rings. The Hall–Kier alpha value is -1.04. The fraction of sp³-hybridized carbons (Fsp3) is 0.769. The summed E-state index contributed by atoms with van der Waals surface area (Å²) in [7, 11) is 0. The summed E-state index contributed by atoms with van der Waals surface area (Å²) in [6, 6.07) is 0.